The van der Waals surface area contributed by atoms with E-state index in [0.717, 1.165) is 33.2 Å². The van der Waals surface area contributed by atoms with E-state index >= 15 is 0 Å². The van der Waals surface area contributed by atoms with Gasteiger partial charge in [-0.05, 0) is 115 Å². The van der Waals surface area contributed by atoms with Crippen LogP contribution >= 0.6 is 0 Å². The fraction of sp³-hybridized carbons (Fsp3) is 0.0200. The molecule has 8 aromatic carbocycles. The van der Waals surface area contributed by atoms with Crippen molar-refractivity contribution >= 4 is 43.4 Å². The van der Waals surface area contributed by atoms with Gasteiger partial charge in [0.25, 0.3) is 0 Å². The van der Waals surface area contributed by atoms with E-state index in [9.17, 15) is 0 Å². The fourth-order valence-electron chi connectivity index (χ4n) is 8.78. The van der Waals surface area contributed by atoms with Gasteiger partial charge < -0.3 is 4.57 Å². The summed E-state index contributed by atoms with van der Waals surface area (Å²) in [7, 11) is 0. The van der Waals surface area contributed by atoms with Crippen LogP contribution in [0.3, 0.4) is 0 Å². The molecular formula is C50H32N2. The normalized spacial score (nSPS) is 13.0. The van der Waals surface area contributed by atoms with Crippen molar-refractivity contribution in [3.63, 3.8) is 0 Å². The molecule has 1 aliphatic carbocycles. The first-order valence-electron chi connectivity index (χ1n) is 19.2. The molecule has 0 aliphatic heterocycles. The average Bonchev–Trinajstić information content (AvgIpc) is 3.74. The third-order valence-electron chi connectivity index (χ3n) is 10.9. The molecule has 1 aliphatic rings. The van der Waals surface area contributed by atoms with Crippen LogP contribution < -0.4 is 0 Å². The molecule has 0 saturated carbocycles. The second kappa shape index (κ2) is 11.1. The number of para-hydroxylation sites is 1. The number of rotatable bonds is 4. The number of hydrogen-bond donors (Lipinski definition) is 0. The van der Waals surface area contributed by atoms with Crippen molar-refractivity contribution < 1.29 is 4.11 Å². The van der Waals surface area contributed by atoms with E-state index in [4.69, 9.17) is 4.11 Å². The summed E-state index contributed by atoms with van der Waals surface area (Å²) in [5, 5.41) is 7.26. The fourth-order valence-corrected chi connectivity index (χ4v) is 8.78. The highest BCUT2D eigenvalue weighted by Gasteiger charge is 2.32. The topological polar surface area (TPSA) is 17.8 Å². The number of aromatic nitrogens is 2. The summed E-state index contributed by atoms with van der Waals surface area (Å²) in [6.07, 6.45) is 1.68. The van der Waals surface area contributed by atoms with Crippen molar-refractivity contribution in [1.29, 1.82) is 0 Å². The van der Waals surface area contributed by atoms with Crippen LogP contribution in [0, 0.1) is 6.85 Å². The molecule has 11 rings (SSSR count). The zero-order chi connectivity index (χ0) is 36.8. The zero-order valence-corrected chi connectivity index (χ0v) is 28.1. The van der Waals surface area contributed by atoms with Crippen LogP contribution in [-0.4, -0.2) is 9.55 Å². The number of nitrogens with zero attached hydrogens (tertiary/aromatic N) is 2. The number of benzene rings is 8. The largest absolute Gasteiger partial charge is 0.309 e. The molecule has 0 bridgehead atoms. The summed E-state index contributed by atoms with van der Waals surface area (Å²) in [4.78, 5) is 4.35. The van der Waals surface area contributed by atoms with Gasteiger partial charge in [-0.15, -0.1) is 0 Å². The Balaban J connectivity index is 1.30. The Hall–Kier alpha value is -6.77. The maximum absolute atomic E-state index is 7.83. The minimum absolute atomic E-state index is 0.0967. The van der Waals surface area contributed by atoms with Crippen LogP contribution in [0.25, 0.3) is 105 Å². The molecule has 0 unspecified atom stereocenters. The molecule has 0 radical (unpaired) electrons. The summed E-state index contributed by atoms with van der Waals surface area (Å²) in [5.41, 5.74) is 15.2. The molecule has 52 heavy (non-hydrogen) atoms. The first-order chi connectivity index (χ1) is 27.0. The highest BCUT2D eigenvalue weighted by Crippen LogP contribution is 2.59. The van der Waals surface area contributed by atoms with Gasteiger partial charge in [-0.2, -0.15) is 0 Å². The minimum Gasteiger partial charge on any atom is -0.309 e. The summed E-state index contributed by atoms with van der Waals surface area (Å²) < 4.78 is 25.9. The molecule has 242 valence electrons. The lowest BCUT2D eigenvalue weighted by atomic mass is 9.82. The molecule has 0 spiro atoms. The van der Waals surface area contributed by atoms with Gasteiger partial charge in [-0.25, -0.2) is 0 Å². The Bertz CT molecular complexity index is 3150. The van der Waals surface area contributed by atoms with Crippen LogP contribution in [-0.2, 0) is 0 Å². The summed E-state index contributed by atoms with van der Waals surface area (Å²) in [6, 6.07) is 60.5. The average molecular weight is 664 g/mol. The Morgan fingerprint density at radius 1 is 0.423 bits per heavy atom. The van der Waals surface area contributed by atoms with Gasteiger partial charge in [-0.3, -0.25) is 4.98 Å². The van der Waals surface area contributed by atoms with Crippen molar-refractivity contribution in [1.82, 2.24) is 9.55 Å². The van der Waals surface area contributed by atoms with E-state index in [2.05, 4.69) is 167 Å². The molecule has 0 atom stereocenters. The highest BCUT2D eigenvalue weighted by molar-refractivity contribution is 6.34. The Morgan fingerprint density at radius 2 is 1.04 bits per heavy atom. The standard InChI is InChI=1S/C50H32N2/c1-31-24-25-35(30-51-31)34-26-27-43-41(28-34)48-39-22-13-23-40-47(39)42(29-44(48)52(43)36-18-9-4-10-19-36)50-46(33-16-7-3-8-17-33)38-21-12-11-20-37(38)45(49(40)50)32-14-5-2-6-15-32/h2-30H,1H3/i1D3. The monoisotopic (exact) mass is 663 g/mol. The summed E-state index contributed by atoms with van der Waals surface area (Å²) in [6.45, 7) is -2.25. The summed E-state index contributed by atoms with van der Waals surface area (Å²) in [5.74, 6) is 0. The van der Waals surface area contributed by atoms with E-state index in [0.29, 0.717) is 0 Å². The Labute approximate surface area is 306 Å². The molecule has 0 fully saturated rings. The first-order valence-corrected chi connectivity index (χ1v) is 17.7. The van der Waals surface area contributed by atoms with E-state index < -0.39 is 6.85 Å². The number of hydrogen-bond acceptors (Lipinski definition) is 1. The minimum atomic E-state index is -2.25. The summed E-state index contributed by atoms with van der Waals surface area (Å²) >= 11 is 0. The van der Waals surface area contributed by atoms with Crippen LogP contribution in [0.15, 0.2) is 176 Å². The Morgan fingerprint density at radius 3 is 1.69 bits per heavy atom. The van der Waals surface area contributed by atoms with Crippen LogP contribution in [0.5, 0.6) is 0 Å². The van der Waals surface area contributed by atoms with Gasteiger partial charge in [0.05, 0.1) is 11.0 Å². The molecule has 2 heterocycles. The van der Waals surface area contributed by atoms with Crippen molar-refractivity contribution in [2.24, 2.45) is 0 Å². The maximum Gasteiger partial charge on any atom is 0.0553 e. The maximum atomic E-state index is 7.83. The van der Waals surface area contributed by atoms with E-state index in [-0.39, 0.29) is 5.69 Å². The van der Waals surface area contributed by atoms with E-state index in [1.807, 2.05) is 6.07 Å². The van der Waals surface area contributed by atoms with Gasteiger partial charge in [-0.1, -0.05) is 133 Å². The van der Waals surface area contributed by atoms with E-state index in [1.54, 1.807) is 12.3 Å². The van der Waals surface area contributed by atoms with Crippen molar-refractivity contribution in [3.8, 4) is 61.3 Å². The third kappa shape index (κ3) is 4.09. The molecule has 2 heteroatoms. The van der Waals surface area contributed by atoms with Crippen LogP contribution in [0.4, 0.5) is 0 Å². The van der Waals surface area contributed by atoms with Crippen molar-refractivity contribution in [2.75, 3.05) is 0 Å². The lowest BCUT2D eigenvalue weighted by Gasteiger charge is -2.20. The van der Waals surface area contributed by atoms with Gasteiger partial charge in [0.15, 0.2) is 0 Å². The third-order valence-corrected chi connectivity index (χ3v) is 10.9. The molecule has 0 amide bonds. The Kier molecular flexibility index (Phi) is 5.58. The van der Waals surface area contributed by atoms with Gasteiger partial charge in [0.2, 0.25) is 0 Å². The quantitative estimate of drug-likeness (QED) is 0.183. The second-order valence-electron chi connectivity index (χ2n) is 13.7. The zero-order valence-electron chi connectivity index (χ0n) is 31.1. The molecular weight excluding hydrogens is 629 g/mol. The molecule has 2 aromatic heterocycles. The lowest BCUT2D eigenvalue weighted by molar-refractivity contribution is 1.18. The first kappa shape index (κ1) is 26.1. The van der Waals surface area contributed by atoms with Crippen molar-refractivity contribution in [3.05, 3.63) is 182 Å². The van der Waals surface area contributed by atoms with Gasteiger partial charge in [0.1, 0.15) is 0 Å². The second-order valence-corrected chi connectivity index (χ2v) is 13.7. The molecule has 0 N–H and O–H groups in total. The highest BCUT2D eigenvalue weighted by atomic mass is 15.0. The van der Waals surface area contributed by atoms with Crippen LogP contribution in [0.2, 0.25) is 0 Å². The van der Waals surface area contributed by atoms with Gasteiger partial charge in [0, 0.05) is 38.0 Å². The smallest absolute Gasteiger partial charge is 0.0553 e. The molecule has 2 nitrogen and oxygen atoms in total. The van der Waals surface area contributed by atoms with Gasteiger partial charge >= 0.3 is 0 Å². The van der Waals surface area contributed by atoms with Crippen LogP contribution in [0.1, 0.15) is 9.81 Å². The SMILES string of the molecule is [2H]C([2H])([2H])c1ccc(-c2ccc3c(c2)c2c4cccc5c4c(cc2n3-c2ccccc2)-c2c-5c(-c3ccccc3)c3ccccc3c2-c2ccccc2)cn1. The molecule has 0 saturated heterocycles. The molecule has 10 aromatic rings. The number of pyridine rings is 1. The lowest BCUT2D eigenvalue weighted by Crippen LogP contribution is -1.95. The predicted molar refractivity (Wildman–Crippen MR) is 219 cm³/mol. The number of aryl methyl sites for hydroxylation is 1. The van der Waals surface area contributed by atoms with E-state index in [1.165, 1.54) is 71.4 Å². The van der Waals surface area contributed by atoms with Crippen molar-refractivity contribution in [2.45, 2.75) is 6.85 Å². The predicted octanol–water partition coefficient (Wildman–Crippen LogP) is 13.4. The number of fused-ring (bicyclic) bond motifs is 8.